The molecule has 2 fully saturated rings. The number of esters is 1. The number of piperidine rings is 1. The highest BCUT2D eigenvalue weighted by Crippen LogP contribution is 2.37. The molecule has 0 radical (unpaired) electrons. The van der Waals surface area contributed by atoms with Crippen molar-refractivity contribution >= 4 is 58.0 Å². The highest BCUT2D eigenvalue weighted by atomic mass is 32.2. The van der Waals surface area contributed by atoms with Crippen molar-refractivity contribution in [3.8, 4) is 6.07 Å². The molecule has 0 aromatic carbocycles. The van der Waals surface area contributed by atoms with Crippen LogP contribution in [-0.2, 0) is 25.7 Å². The van der Waals surface area contributed by atoms with Crippen LogP contribution in [0.3, 0.4) is 0 Å². The van der Waals surface area contributed by atoms with Crippen LogP contribution in [0.2, 0.25) is 0 Å². The summed E-state index contributed by atoms with van der Waals surface area (Å²) < 4.78 is 6.97. The van der Waals surface area contributed by atoms with Gasteiger partial charge < -0.3 is 14.7 Å². The van der Waals surface area contributed by atoms with Crippen molar-refractivity contribution < 1.29 is 24.2 Å². The van der Waals surface area contributed by atoms with Gasteiger partial charge in [-0.3, -0.25) is 28.6 Å². The smallest absolute Gasteiger partial charge is 0.310 e. The number of thiocarbonyl (C=S) groups is 1. The maximum atomic E-state index is 13.2. The maximum absolute atomic E-state index is 13.2. The van der Waals surface area contributed by atoms with Crippen LogP contribution in [0.4, 0.5) is 5.82 Å². The molecule has 2 aliphatic heterocycles. The maximum Gasteiger partial charge on any atom is 0.310 e. The van der Waals surface area contributed by atoms with Crippen LogP contribution in [0.5, 0.6) is 0 Å². The number of rotatable bonds is 8. The third kappa shape index (κ3) is 5.47. The minimum Gasteiger partial charge on any atom is -0.481 e. The molecular weight excluding hydrogens is 504 g/mol. The fraction of sp³-hybridized carbons (Fsp3) is 0.500. The Balaban J connectivity index is 2.13. The number of aliphatic carboxylic acids is 1. The molecule has 0 saturated carbocycles. The molecule has 10 nitrogen and oxygen atoms in total. The lowest BCUT2D eigenvalue weighted by molar-refractivity contribution is -0.148. The molecule has 2 saturated heterocycles. The number of hydrogen-bond donors (Lipinski definition) is 1. The van der Waals surface area contributed by atoms with E-state index in [4.69, 9.17) is 22.1 Å². The SMILES string of the molecule is CCOC(=O)C1CCCN(c2c(/C=C3/SC(=S)N(CCC(=O)O)C3=O)c(C)c(C#N)c(=O)n2CC)C1. The number of anilines is 1. The molecule has 36 heavy (non-hydrogen) atoms. The predicted octanol–water partition coefficient (Wildman–Crippen LogP) is 2.50. The molecular formula is C24H28N4O6S2. The zero-order chi connectivity index (χ0) is 26.6. The van der Waals surface area contributed by atoms with Crippen molar-refractivity contribution in [1.82, 2.24) is 9.47 Å². The van der Waals surface area contributed by atoms with Gasteiger partial charge in [-0.15, -0.1) is 0 Å². The summed E-state index contributed by atoms with van der Waals surface area (Å²) in [7, 11) is 0. The van der Waals surface area contributed by atoms with Crippen LogP contribution in [-0.4, -0.2) is 63.0 Å². The zero-order valence-electron chi connectivity index (χ0n) is 20.4. The summed E-state index contributed by atoms with van der Waals surface area (Å²) in [5.74, 6) is -1.59. The van der Waals surface area contributed by atoms with Gasteiger partial charge in [0.2, 0.25) is 0 Å². The van der Waals surface area contributed by atoms with Crippen LogP contribution >= 0.6 is 24.0 Å². The molecule has 1 N–H and O–H groups in total. The van der Waals surface area contributed by atoms with Gasteiger partial charge in [0.25, 0.3) is 11.5 Å². The Morgan fingerprint density at radius 2 is 2.06 bits per heavy atom. The molecule has 1 unspecified atom stereocenters. The molecule has 1 aromatic rings. The number of ether oxygens (including phenoxy) is 1. The quantitative estimate of drug-likeness (QED) is 0.302. The molecule has 0 bridgehead atoms. The number of nitriles is 1. The average Bonchev–Trinajstić information content (AvgIpc) is 3.11. The fourth-order valence-electron chi connectivity index (χ4n) is 4.43. The number of nitrogens with zero attached hydrogens (tertiary/aromatic N) is 4. The summed E-state index contributed by atoms with van der Waals surface area (Å²) in [6, 6.07) is 1.99. The summed E-state index contributed by atoms with van der Waals surface area (Å²) in [4.78, 5) is 53.2. The first-order valence-electron chi connectivity index (χ1n) is 11.7. The Morgan fingerprint density at radius 1 is 1.33 bits per heavy atom. The second-order valence-electron chi connectivity index (χ2n) is 8.41. The first kappa shape index (κ1) is 27.4. The Morgan fingerprint density at radius 3 is 2.67 bits per heavy atom. The van der Waals surface area contributed by atoms with Gasteiger partial charge in [-0.1, -0.05) is 24.0 Å². The van der Waals surface area contributed by atoms with Gasteiger partial charge in [-0.05, 0) is 45.3 Å². The van der Waals surface area contributed by atoms with Crippen LogP contribution in [0.15, 0.2) is 9.70 Å². The van der Waals surface area contributed by atoms with E-state index in [0.29, 0.717) is 42.9 Å². The van der Waals surface area contributed by atoms with E-state index in [1.54, 1.807) is 26.8 Å². The number of amides is 1. The van der Waals surface area contributed by atoms with E-state index in [9.17, 15) is 24.4 Å². The molecule has 1 aromatic heterocycles. The molecule has 3 rings (SSSR count). The highest BCUT2D eigenvalue weighted by molar-refractivity contribution is 8.26. The topological polar surface area (TPSA) is 133 Å². The molecule has 1 amide bonds. The predicted molar refractivity (Wildman–Crippen MR) is 140 cm³/mol. The van der Waals surface area contributed by atoms with Gasteiger partial charge >= 0.3 is 11.9 Å². The summed E-state index contributed by atoms with van der Waals surface area (Å²) >= 11 is 6.35. The monoisotopic (exact) mass is 532 g/mol. The Kier molecular flexibility index (Phi) is 8.92. The average molecular weight is 533 g/mol. The third-order valence-electron chi connectivity index (χ3n) is 6.20. The number of thioether (sulfide) groups is 1. The lowest BCUT2D eigenvalue weighted by atomic mass is 9.96. The lowest BCUT2D eigenvalue weighted by Crippen LogP contribution is -2.43. The van der Waals surface area contributed by atoms with Gasteiger partial charge in [-0.2, -0.15) is 5.26 Å². The van der Waals surface area contributed by atoms with Gasteiger partial charge in [-0.25, -0.2) is 0 Å². The van der Waals surface area contributed by atoms with Crippen molar-refractivity contribution in [2.24, 2.45) is 5.92 Å². The Hall–Kier alpha value is -3.17. The summed E-state index contributed by atoms with van der Waals surface area (Å²) in [5.41, 5.74) is 0.497. The second-order valence-corrected chi connectivity index (χ2v) is 10.1. The highest BCUT2D eigenvalue weighted by Gasteiger charge is 2.34. The number of pyridine rings is 1. The molecule has 1 atom stereocenters. The van der Waals surface area contributed by atoms with Gasteiger partial charge in [0, 0.05) is 31.7 Å². The minimum atomic E-state index is -1.04. The van der Waals surface area contributed by atoms with Crippen LogP contribution in [0.25, 0.3) is 6.08 Å². The number of carboxylic acid groups (broad SMARTS) is 1. The minimum absolute atomic E-state index is 0.0212. The van der Waals surface area contributed by atoms with E-state index in [2.05, 4.69) is 0 Å². The standard InChI is InChI=1S/C24H28N4O6S2/c1-4-27-20(26-9-6-7-15(13-26)23(33)34-5-2)16(14(3)17(12-25)21(27)31)11-18-22(32)28(24(35)36-18)10-8-19(29)30/h11,15H,4-10,13H2,1-3H3,(H,29,30)/b18-11+. The first-order chi connectivity index (χ1) is 17.1. The molecule has 0 spiro atoms. The molecule has 192 valence electrons. The van der Waals surface area contributed by atoms with Gasteiger partial charge in [0.1, 0.15) is 21.8 Å². The number of carboxylic acids is 1. The van der Waals surface area contributed by atoms with Crippen LogP contribution in [0, 0.1) is 24.2 Å². The normalized spacial score (nSPS) is 19.1. The second kappa shape index (κ2) is 11.7. The molecule has 0 aliphatic carbocycles. The summed E-state index contributed by atoms with van der Waals surface area (Å²) in [6.45, 7) is 6.64. The van der Waals surface area contributed by atoms with Gasteiger partial charge in [0.05, 0.1) is 23.9 Å². The lowest BCUT2D eigenvalue weighted by Gasteiger charge is -2.36. The van der Waals surface area contributed by atoms with Crippen molar-refractivity contribution in [2.45, 2.75) is 46.6 Å². The van der Waals surface area contributed by atoms with E-state index < -0.39 is 17.4 Å². The Labute approximate surface area is 218 Å². The van der Waals surface area contributed by atoms with Crippen molar-refractivity contribution in [3.63, 3.8) is 0 Å². The first-order valence-corrected chi connectivity index (χ1v) is 12.9. The Bertz CT molecular complexity index is 1230. The van der Waals surface area contributed by atoms with E-state index in [1.165, 1.54) is 9.47 Å². The zero-order valence-corrected chi connectivity index (χ0v) is 22.0. The number of carbonyl (C=O) groups excluding carboxylic acids is 2. The fourth-order valence-corrected chi connectivity index (χ4v) is 5.72. The van der Waals surface area contributed by atoms with Gasteiger partial charge in [0.15, 0.2) is 0 Å². The van der Waals surface area contributed by atoms with Crippen LogP contribution < -0.4 is 10.5 Å². The third-order valence-corrected chi connectivity index (χ3v) is 7.58. The summed E-state index contributed by atoms with van der Waals surface area (Å²) in [6.07, 6.45) is 2.74. The summed E-state index contributed by atoms with van der Waals surface area (Å²) in [5, 5.41) is 18.7. The molecule has 2 aliphatic rings. The number of aromatic nitrogens is 1. The molecule has 3 heterocycles. The van der Waals surface area contributed by atoms with Crippen molar-refractivity contribution in [2.75, 3.05) is 31.1 Å². The largest absolute Gasteiger partial charge is 0.481 e. The van der Waals surface area contributed by atoms with Crippen molar-refractivity contribution in [1.29, 1.82) is 5.26 Å². The van der Waals surface area contributed by atoms with Crippen LogP contribution in [0.1, 0.15) is 49.8 Å². The van der Waals surface area contributed by atoms with E-state index in [1.807, 2.05) is 11.0 Å². The van der Waals surface area contributed by atoms with E-state index >= 15 is 0 Å². The van der Waals surface area contributed by atoms with Crippen molar-refractivity contribution in [3.05, 3.63) is 31.9 Å². The van der Waals surface area contributed by atoms with E-state index in [0.717, 1.165) is 11.8 Å². The molecule has 12 heteroatoms. The number of hydrogen-bond acceptors (Lipinski definition) is 9. The number of carbonyl (C=O) groups is 3. The van der Waals surface area contributed by atoms with E-state index in [-0.39, 0.29) is 52.8 Å².